The molecule has 0 aliphatic heterocycles. The summed E-state index contributed by atoms with van der Waals surface area (Å²) in [6.45, 7) is 7.39. The molecule has 2 aromatic carbocycles. The molecule has 4 nitrogen and oxygen atoms in total. The first-order chi connectivity index (χ1) is 14.8. The van der Waals surface area contributed by atoms with Gasteiger partial charge in [0, 0.05) is 27.3 Å². The number of rotatable bonds is 13. The minimum atomic E-state index is -1.75. The molecule has 31 heavy (non-hydrogen) atoms. The molecule has 0 radical (unpaired) electrons. The Balaban J connectivity index is 0.00000110. The molecule has 0 saturated carbocycles. The van der Waals surface area contributed by atoms with E-state index in [4.69, 9.17) is 15.3 Å². The van der Waals surface area contributed by atoms with E-state index in [2.05, 4.69) is 80.7 Å². The van der Waals surface area contributed by atoms with E-state index in [0.29, 0.717) is 0 Å². The number of nitrogens with zero attached hydrogens (tertiary/aromatic N) is 1. The molecule has 0 fully saturated rings. The van der Waals surface area contributed by atoms with Gasteiger partial charge in [-0.1, -0.05) is 92.8 Å². The summed E-state index contributed by atoms with van der Waals surface area (Å²) in [4.78, 5) is 8.25. The predicted molar refractivity (Wildman–Crippen MR) is 141 cm³/mol. The minimum Gasteiger partial charge on any atom is -0.356 e. The Labute approximate surface area is 190 Å². The molecule has 0 aromatic heterocycles. The lowest BCUT2D eigenvalue weighted by molar-refractivity contribution is -0.402. The third-order valence-corrected chi connectivity index (χ3v) is 9.36. The Morgan fingerprint density at radius 3 is 1.42 bits per heavy atom. The van der Waals surface area contributed by atoms with Crippen molar-refractivity contribution in [1.29, 1.82) is 0 Å². The van der Waals surface area contributed by atoms with Crippen molar-refractivity contribution in [2.45, 2.75) is 51.4 Å². The molecule has 0 N–H and O–H groups in total. The largest absolute Gasteiger partial charge is 0.356 e. The minimum absolute atomic E-state index is 0.192. The molecule has 0 amide bonds. The van der Waals surface area contributed by atoms with Gasteiger partial charge in [-0.25, -0.2) is 0 Å². The second kappa shape index (κ2) is 16.2. The first-order valence-corrected chi connectivity index (χ1v) is 16.1. The molecule has 6 heteroatoms. The highest BCUT2D eigenvalue weighted by atomic mass is 31.2. The predicted octanol–water partition coefficient (Wildman–Crippen LogP) is 6.91. The molecular weight excluding hydrogens is 424 g/mol. The van der Waals surface area contributed by atoms with E-state index in [0.717, 1.165) is 0 Å². The first kappa shape index (κ1) is 27.5. The first-order valence-electron chi connectivity index (χ1n) is 11.3. The molecule has 0 aliphatic carbocycles. The van der Waals surface area contributed by atoms with Crippen LogP contribution in [0.1, 0.15) is 51.4 Å². The van der Waals surface area contributed by atoms with Crippen LogP contribution < -0.4 is 10.6 Å². The maximum absolute atomic E-state index is 8.25. The lowest BCUT2D eigenvalue weighted by atomic mass is 10.1. The second-order valence-electron chi connectivity index (χ2n) is 8.89. The van der Waals surface area contributed by atoms with Gasteiger partial charge >= 0.3 is 0 Å². The molecule has 0 saturated heterocycles. The maximum Gasteiger partial charge on any atom is 0.0689 e. The van der Waals surface area contributed by atoms with Gasteiger partial charge in [0.15, 0.2) is 0 Å². The van der Waals surface area contributed by atoms with Gasteiger partial charge in [-0.3, -0.25) is 0 Å². The van der Waals surface area contributed by atoms with Crippen LogP contribution in [0.25, 0.3) is 0 Å². The fourth-order valence-corrected chi connectivity index (χ4v) is 7.13. The van der Waals surface area contributed by atoms with Crippen molar-refractivity contribution in [3.63, 3.8) is 0 Å². The Morgan fingerprint density at radius 2 is 1.03 bits per heavy atom. The zero-order chi connectivity index (χ0) is 23.0. The monoisotopic (exact) mass is 463 g/mol. The summed E-state index contributed by atoms with van der Waals surface area (Å²) in [5.41, 5.74) is 0. The van der Waals surface area contributed by atoms with Gasteiger partial charge in [0.05, 0.1) is 11.2 Å². The molecule has 2 rings (SSSR count). The third kappa shape index (κ3) is 15.0. The van der Waals surface area contributed by atoms with Gasteiger partial charge in [-0.05, 0) is 44.0 Å². The standard InChI is InChI=1S/C25H39P2.NO3/c1-27(2,3)23-17-9-7-5-4-6-8-16-22-26(24-18-12-10-13-19-24)25-20-14-11-15-21-25;2-1(3)4/h10-15,18-21H,4-9,16-17,22-23H2,1-3H3;/q+1;-1. The average Bonchev–Trinajstić information content (AvgIpc) is 2.72. The second-order valence-corrected chi connectivity index (χ2v) is 16.3. The topological polar surface area (TPSA) is 66.2 Å². The Morgan fingerprint density at radius 1 is 0.677 bits per heavy atom. The Bertz CT molecular complexity index is 662. The summed E-state index contributed by atoms with van der Waals surface area (Å²) >= 11 is 0. The fraction of sp³-hybridized carbons (Fsp3) is 0.520. The molecule has 0 bridgehead atoms. The fourth-order valence-electron chi connectivity index (χ4n) is 3.54. The van der Waals surface area contributed by atoms with Gasteiger partial charge in [0.1, 0.15) is 0 Å². The average molecular weight is 464 g/mol. The number of benzene rings is 2. The van der Waals surface area contributed by atoms with Crippen molar-refractivity contribution in [1.82, 2.24) is 0 Å². The molecule has 0 heterocycles. The van der Waals surface area contributed by atoms with Crippen LogP contribution in [0.15, 0.2) is 60.7 Å². The van der Waals surface area contributed by atoms with Crippen molar-refractivity contribution in [3.8, 4) is 0 Å². The van der Waals surface area contributed by atoms with E-state index in [9.17, 15) is 0 Å². The van der Waals surface area contributed by atoms with Crippen molar-refractivity contribution in [3.05, 3.63) is 76.0 Å². The molecular formula is C25H39NO3P2. The quantitative estimate of drug-likeness (QED) is 0.140. The summed E-state index contributed by atoms with van der Waals surface area (Å²) in [5.74, 6) is 0. The zero-order valence-electron chi connectivity index (χ0n) is 19.4. The summed E-state index contributed by atoms with van der Waals surface area (Å²) in [7, 11) is -0.736. The number of hydrogen-bond acceptors (Lipinski definition) is 3. The summed E-state index contributed by atoms with van der Waals surface area (Å²) in [5, 5.41) is 17.8. The van der Waals surface area contributed by atoms with Crippen molar-refractivity contribution < 1.29 is 5.09 Å². The van der Waals surface area contributed by atoms with Crippen LogP contribution in [0.5, 0.6) is 0 Å². The summed E-state index contributed by atoms with van der Waals surface area (Å²) < 4.78 is 0. The van der Waals surface area contributed by atoms with Crippen molar-refractivity contribution in [2.24, 2.45) is 0 Å². The third-order valence-electron chi connectivity index (χ3n) is 5.10. The molecule has 0 aliphatic rings. The van der Waals surface area contributed by atoms with Gasteiger partial charge in [0.2, 0.25) is 0 Å². The van der Waals surface area contributed by atoms with Crippen molar-refractivity contribution in [2.75, 3.05) is 32.3 Å². The van der Waals surface area contributed by atoms with Gasteiger partial charge < -0.3 is 15.3 Å². The smallest absolute Gasteiger partial charge is 0.0689 e. The highest BCUT2D eigenvalue weighted by Crippen LogP contribution is 2.47. The molecule has 172 valence electrons. The van der Waals surface area contributed by atoms with E-state index < -0.39 is 12.3 Å². The lowest BCUT2D eigenvalue weighted by Gasteiger charge is -2.18. The van der Waals surface area contributed by atoms with E-state index in [1.807, 2.05) is 0 Å². The SMILES string of the molecule is C[P+](C)(C)CCCCCCCCCCP(c1ccccc1)c1ccccc1.O=[N+]([O-])[O-]. The van der Waals surface area contributed by atoms with Gasteiger partial charge in [-0.2, -0.15) is 0 Å². The Hall–Kier alpha value is -1.50. The number of unbranched alkanes of at least 4 members (excludes halogenated alkanes) is 7. The van der Waals surface area contributed by atoms with E-state index in [1.165, 1.54) is 74.3 Å². The van der Waals surface area contributed by atoms with Crippen LogP contribution in [-0.4, -0.2) is 37.4 Å². The van der Waals surface area contributed by atoms with E-state index in [-0.39, 0.29) is 7.92 Å². The van der Waals surface area contributed by atoms with Crippen LogP contribution in [0, 0.1) is 15.3 Å². The molecule has 0 spiro atoms. The lowest BCUT2D eigenvalue weighted by Crippen LogP contribution is -2.13. The highest BCUT2D eigenvalue weighted by molar-refractivity contribution is 7.73. The van der Waals surface area contributed by atoms with Crippen LogP contribution >= 0.6 is 15.2 Å². The number of hydrogen-bond donors (Lipinski definition) is 0. The molecule has 0 atom stereocenters. The van der Waals surface area contributed by atoms with Crippen LogP contribution in [0.4, 0.5) is 0 Å². The van der Waals surface area contributed by atoms with E-state index >= 15 is 0 Å². The Kier molecular flexibility index (Phi) is 14.4. The summed E-state index contributed by atoms with van der Waals surface area (Å²) in [6.07, 6.45) is 14.2. The van der Waals surface area contributed by atoms with Gasteiger partial charge in [0.25, 0.3) is 0 Å². The van der Waals surface area contributed by atoms with Crippen molar-refractivity contribution >= 4 is 25.8 Å². The zero-order valence-corrected chi connectivity index (χ0v) is 21.2. The van der Waals surface area contributed by atoms with E-state index in [1.54, 1.807) is 0 Å². The maximum atomic E-state index is 8.25. The molecule has 2 aromatic rings. The van der Waals surface area contributed by atoms with Crippen LogP contribution in [0.2, 0.25) is 0 Å². The normalized spacial score (nSPS) is 11.1. The summed E-state index contributed by atoms with van der Waals surface area (Å²) in [6, 6.07) is 22.3. The van der Waals surface area contributed by atoms with Gasteiger partial charge in [-0.15, -0.1) is 0 Å². The van der Waals surface area contributed by atoms with Crippen LogP contribution in [-0.2, 0) is 0 Å². The molecule has 0 unspecified atom stereocenters. The van der Waals surface area contributed by atoms with Crippen LogP contribution in [0.3, 0.4) is 0 Å². The highest BCUT2D eigenvalue weighted by Gasteiger charge is 2.15.